The quantitative estimate of drug-likeness (QED) is 0.824. The van der Waals surface area contributed by atoms with Crippen molar-refractivity contribution in [2.75, 3.05) is 46.3 Å². The highest BCUT2D eigenvalue weighted by atomic mass is 32.1. The predicted octanol–water partition coefficient (Wildman–Crippen LogP) is 2.62. The van der Waals surface area contributed by atoms with E-state index in [1.165, 1.54) is 18.4 Å². The zero-order valence-corrected chi connectivity index (χ0v) is 15.2. The zero-order chi connectivity index (χ0) is 17.8. The van der Waals surface area contributed by atoms with E-state index in [0.29, 0.717) is 10.6 Å². The number of hydrogen-bond donors (Lipinski definition) is 1. The number of carbonyl (C=O) groups is 1. The maximum absolute atomic E-state index is 12.3. The lowest BCUT2D eigenvalue weighted by molar-refractivity contribution is 0.0346. The van der Waals surface area contributed by atoms with E-state index in [1.807, 2.05) is 24.3 Å². The molecule has 0 aliphatic carbocycles. The fraction of sp³-hybridized carbons (Fsp3) is 0.389. The number of ether oxygens (including phenoxy) is 3. The smallest absolute Gasteiger partial charge is 0.341 e. The Morgan fingerprint density at radius 3 is 2.76 bits per heavy atom. The average molecular weight is 362 g/mol. The topological polar surface area (TPSA) is 74.0 Å². The molecule has 0 saturated carbocycles. The van der Waals surface area contributed by atoms with E-state index < -0.39 is 5.97 Å². The Labute approximate surface area is 151 Å². The van der Waals surface area contributed by atoms with E-state index >= 15 is 0 Å². The van der Waals surface area contributed by atoms with Crippen molar-refractivity contribution in [3.05, 3.63) is 34.7 Å². The molecule has 7 heteroatoms. The monoisotopic (exact) mass is 362 g/mol. The Morgan fingerprint density at radius 2 is 2.08 bits per heavy atom. The van der Waals surface area contributed by atoms with Gasteiger partial charge in [0.15, 0.2) is 0 Å². The number of rotatable bonds is 5. The molecule has 0 radical (unpaired) electrons. The van der Waals surface area contributed by atoms with Crippen molar-refractivity contribution >= 4 is 22.3 Å². The van der Waals surface area contributed by atoms with Gasteiger partial charge in [-0.25, -0.2) is 4.79 Å². The van der Waals surface area contributed by atoms with E-state index in [4.69, 9.17) is 19.9 Å². The van der Waals surface area contributed by atoms with Crippen molar-refractivity contribution in [2.24, 2.45) is 0 Å². The van der Waals surface area contributed by atoms with E-state index in [1.54, 1.807) is 7.11 Å². The number of esters is 1. The maximum atomic E-state index is 12.3. The van der Waals surface area contributed by atoms with Gasteiger partial charge in [-0.15, -0.1) is 11.3 Å². The van der Waals surface area contributed by atoms with Crippen molar-refractivity contribution in [3.8, 4) is 16.9 Å². The number of methoxy groups -OCH3 is 2. The van der Waals surface area contributed by atoms with Gasteiger partial charge in [-0.2, -0.15) is 0 Å². The summed E-state index contributed by atoms with van der Waals surface area (Å²) in [7, 11) is 2.99. The van der Waals surface area contributed by atoms with Gasteiger partial charge >= 0.3 is 5.97 Å². The Hall–Kier alpha value is -2.09. The van der Waals surface area contributed by atoms with E-state index in [0.717, 1.165) is 54.6 Å². The molecule has 1 aromatic carbocycles. The van der Waals surface area contributed by atoms with Gasteiger partial charge in [-0.1, -0.05) is 12.1 Å². The minimum absolute atomic E-state index is 0.417. The van der Waals surface area contributed by atoms with E-state index in [2.05, 4.69) is 4.90 Å². The molecule has 0 unspecified atom stereocenters. The second-order valence-corrected chi connectivity index (χ2v) is 6.89. The second kappa shape index (κ2) is 7.86. The van der Waals surface area contributed by atoms with Crippen LogP contribution in [0.3, 0.4) is 0 Å². The van der Waals surface area contributed by atoms with E-state index in [9.17, 15) is 4.79 Å². The Morgan fingerprint density at radius 1 is 1.32 bits per heavy atom. The molecule has 0 atom stereocenters. The van der Waals surface area contributed by atoms with Crippen LogP contribution in [0.15, 0.2) is 24.3 Å². The standard InChI is InChI=1S/C18H22N2O4S/c1-22-13-5-3-4-12(10-13)15-14(11-20-6-8-24-9-7-20)25-17(19)16(15)18(21)23-2/h3-5,10H,6-9,11,19H2,1-2H3. The molecule has 25 heavy (non-hydrogen) atoms. The Bertz CT molecular complexity index is 754. The molecule has 2 aromatic rings. The van der Waals surface area contributed by atoms with Crippen LogP contribution in [0.25, 0.3) is 11.1 Å². The van der Waals surface area contributed by atoms with Gasteiger partial charge in [0.2, 0.25) is 0 Å². The number of anilines is 1. The third kappa shape index (κ3) is 3.78. The molecule has 0 amide bonds. The number of hydrogen-bond acceptors (Lipinski definition) is 7. The number of nitrogen functional groups attached to an aromatic ring is 1. The third-order valence-electron chi connectivity index (χ3n) is 4.23. The van der Waals surface area contributed by atoms with Gasteiger partial charge in [0, 0.05) is 30.1 Å². The second-order valence-electron chi connectivity index (χ2n) is 5.75. The van der Waals surface area contributed by atoms with Crippen LogP contribution in [0.1, 0.15) is 15.2 Å². The van der Waals surface area contributed by atoms with Crippen molar-refractivity contribution in [3.63, 3.8) is 0 Å². The first-order chi connectivity index (χ1) is 12.1. The summed E-state index contributed by atoms with van der Waals surface area (Å²) in [6.07, 6.45) is 0. The molecule has 0 bridgehead atoms. The SMILES string of the molecule is COC(=O)c1c(N)sc(CN2CCOCC2)c1-c1cccc(OC)c1. The molecule has 134 valence electrons. The van der Waals surface area contributed by atoms with Crippen molar-refractivity contribution in [1.82, 2.24) is 4.90 Å². The molecule has 1 aromatic heterocycles. The first kappa shape index (κ1) is 17.7. The number of nitrogens with zero attached hydrogens (tertiary/aromatic N) is 1. The Balaban J connectivity index is 2.06. The molecule has 6 nitrogen and oxygen atoms in total. The first-order valence-electron chi connectivity index (χ1n) is 8.08. The summed E-state index contributed by atoms with van der Waals surface area (Å²) in [4.78, 5) is 15.7. The van der Waals surface area contributed by atoms with Gasteiger partial charge in [-0.05, 0) is 17.7 Å². The summed E-state index contributed by atoms with van der Waals surface area (Å²) < 4.78 is 15.7. The van der Waals surface area contributed by atoms with Crippen LogP contribution < -0.4 is 10.5 Å². The van der Waals surface area contributed by atoms with Gasteiger partial charge in [0.1, 0.15) is 16.3 Å². The maximum Gasteiger partial charge on any atom is 0.341 e. The zero-order valence-electron chi connectivity index (χ0n) is 14.4. The van der Waals surface area contributed by atoms with E-state index in [-0.39, 0.29) is 0 Å². The highest BCUT2D eigenvalue weighted by molar-refractivity contribution is 7.17. The van der Waals surface area contributed by atoms with Gasteiger partial charge in [-0.3, -0.25) is 4.90 Å². The minimum atomic E-state index is -0.417. The fourth-order valence-electron chi connectivity index (χ4n) is 2.96. The number of nitrogens with two attached hydrogens (primary N) is 1. The highest BCUT2D eigenvalue weighted by Crippen LogP contribution is 2.40. The van der Waals surface area contributed by atoms with Crippen molar-refractivity contribution in [2.45, 2.75) is 6.54 Å². The summed E-state index contributed by atoms with van der Waals surface area (Å²) in [5.41, 5.74) is 8.34. The number of thiophene rings is 1. The van der Waals surface area contributed by atoms with Gasteiger partial charge < -0.3 is 19.9 Å². The van der Waals surface area contributed by atoms with Gasteiger partial charge in [0.25, 0.3) is 0 Å². The normalized spacial score (nSPS) is 15.1. The molecule has 1 aliphatic rings. The highest BCUT2D eigenvalue weighted by Gasteiger charge is 2.26. The average Bonchev–Trinajstić information content (AvgIpc) is 2.97. The van der Waals surface area contributed by atoms with Crippen LogP contribution in [0.2, 0.25) is 0 Å². The first-order valence-corrected chi connectivity index (χ1v) is 8.89. The van der Waals surface area contributed by atoms with Crippen LogP contribution in [-0.2, 0) is 16.0 Å². The molecule has 1 saturated heterocycles. The van der Waals surface area contributed by atoms with Crippen molar-refractivity contribution in [1.29, 1.82) is 0 Å². The number of morpholine rings is 1. The fourth-order valence-corrected chi connectivity index (χ4v) is 4.08. The molecule has 2 heterocycles. The summed E-state index contributed by atoms with van der Waals surface area (Å²) in [5, 5.41) is 0.480. The third-order valence-corrected chi connectivity index (χ3v) is 5.23. The van der Waals surface area contributed by atoms with Crippen LogP contribution in [0.4, 0.5) is 5.00 Å². The molecular weight excluding hydrogens is 340 g/mol. The summed E-state index contributed by atoms with van der Waals surface area (Å²) in [5.74, 6) is 0.315. The lowest BCUT2D eigenvalue weighted by atomic mass is 10.0. The van der Waals surface area contributed by atoms with Gasteiger partial charge in [0.05, 0.1) is 27.4 Å². The summed E-state index contributed by atoms with van der Waals surface area (Å²) in [6, 6.07) is 7.65. The minimum Gasteiger partial charge on any atom is -0.497 e. The van der Waals surface area contributed by atoms with Crippen LogP contribution in [0.5, 0.6) is 5.75 Å². The van der Waals surface area contributed by atoms with Crippen LogP contribution in [-0.4, -0.2) is 51.4 Å². The molecule has 1 fully saturated rings. The molecular formula is C18H22N2O4S. The summed E-state index contributed by atoms with van der Waals surface area (Å²) >= 11 is 1.44. The largest absolute Gasteiger partial charge is 0.497 e. The van der Waals surface area contributed by atoms with Crippen LogP contribution >= 0.6 is 11.3 Å². The summed E-state index contributed by atoms with van der Waals surface area (Å²) in [6.45, 7) is 3.89. The predicted molar refractivity (Wildman–Crippen MR) is 98.2 cm³/mol. The molecule has 2 N–H and O–H groups in total. The molecule has 1 aliphatic heterocycles. The van der Waals surface area contributed by atoms with Crippen molar-refractivity contribution < 1.29 is 19.0 Å². The molecule has 0 spiro atoms. The lowest BCUT2D eigenvalue weighted by Gasteiger charge is -2.26. The number of carbonyl (C=O) groups excluding carboxylic acids is 1. The lowest BCUT2D eigenvalue weighted by Crippen LogP contribution is -2.35. The molecule has 3 rings (SSSR count). The number of benzene rings is 1. The van der Waals surface area contributed by atoms with Crippen LogP contribution in [0, 0.1) is 0 Å². The Kier molecular flexibility index (Phi) is 5.57.